The van der Waals surface area contributed by atoms with Crippen LogP contribution in [0.25, 0.3) is 0 Å². The van der Waals surface area contributed by atoms with Crippen LogP contribution in [0.5, 0.6) is 0 Å². The second kappa shape index (κ2) is 7.57. The van der Waals surface area contributed by atoms with Crippen LogP contribution in [-0.4, -0.2) is 19.3 Å². The summed E-state index contributed by atoms with van der Waals surface area (Å²) >= 11 is 0. The molecule has 0 saturated carbocycles. The van der Waals surface area contributed by atoms with Gasteiger partial charge < -0.3 is 5.11 Å². The van der Waals surface area contributed by atoms with Gasteiger partial charge in [0.15, 0.2) is 0 Å². The zero-order valence-corrected chi connectivity index (χ0v) is 14.6. The first-order valence-corrected chi connectivity index (χ1v) is 11.0. The lowest BCUT2D eigenvalue weighted by Gasteiger charge is -2.34. The molecule has 0 saturated heterocycles. The molecular weight excluding hydrogens is 284 g/mol. The minimum absolute atomic E-state index is 0.165. The smallest absolute Gasteiger partial charge is 0.0901 e. The summed E-state index contributed by atoms with van der Waals surface area (Å²) < 4.78 is 0. The molecule has 2 aromatic rings. The lowest BCUT2D eigenvalue weighted by atomic mass is 10.0. The van der Waals surface area contributed by atoms with Gasteiger partial charge in [-0.05, 0) is 18.4 Å². The molecule has 116 valence electrons. The van der Waals surface area contributed by atoms with E-state index in [9.17, 15) is 5.11 Å². The van der Waals surface area contributed by atoms with E-state index in [-0.39, 0.29) is 11.6 Å². The van der Waals surface area contributed by atoms with Crippen molar-refractivity contribution in [3.63, 3.8) is 0 Å². The second-order valence-electron chi connectivity index (χ2n) is 6.44. The van der Waals surface area contributed by atoms with E-state index in [1.807, 2.05) is 18.2 Å². The number of aryl methyl sites for hydroxylation is 1. The number of hydrogen-bond acceptors (Lipinski definition) is 1. The van der Waals surface area contributed by atoms with Crippen molar-refractivity contribution in [1.82, 2.24) is 0 Å². The summed E-state index contributed by atoms with van der Waals surface area (Å²) in [5.41, 5.74) is 1.45. The summed E-state index contributed by atoms with van der Waals surface area (Å²) in [6.07, 6.45) is 3.32. The predicted molar refractivity (Wildman–Crippen MR) is 98.3 cm³/mol. The molecule has 2 aromatic carbocycles. The summed E-state index contributed by atoms with van der Waals surface area (Å²) in [4.78, 5) is 0. The fraction of sp³-hybridized carbons (Fsp3) is 0.300. The Bertz CT molecular complexity index is 577. The Hall–Kier alpha value is -1.64. The van der Waals surface area contributed by atoms with Crippen LogP contribution in [0.15, 0.2) is 73.3 Å². The van der Waals surface area contributed by atoms with E-state index < -0.39 is 8.07 Å². The van der Waals surface area contributed by atoms with E-state index >= 15 is 0 Å². The third-order valence-electron chi connectivity index (χ3n) is 4.59. The van der Waals surface area contributed by atoms with Gasteiger partial charge in [0.1, 0.15) is 0 Å². The van der Waals surface area contributed by atoms with Crippen LogP contribution in [0.3, 0.4) is 0 Å². The first-order valence-electron chi connectivity index (χ1n) is 7.95. The molecule has 0 aliphatic carbocycles. The summed E-state index contributed by atoms with van der Waals surface area (Å²) in [5.74, 6) is 0. The SMILES string of the molecule is C=C[C@H]([C@H](O)CCc1ccccc1)[Si](C)(C)c1ccccc1. The molecule has 0 spiro atoms. The number of rotatable bonds is 7. The van der Waals surface area contributed by atoms with Gasteiger partial charge in [-0.15, -0.1) is 6.58 Å². The molecule has 1 N–H and O–H groups in total. The molecule has 2 rings (SSSR count). The predicted octanol–water partition coefficient (Wildman–Crippen LogP) is 4.15. The highest BCUT2D eigenvalue weighted by Crippen LogP contribution is 2.29. The quantitative estimate of drug-likeness (QED) is 0.601. The van der Waals surface area contributed by atoms with Crippen LogP contribution in [0, 0.1) is 0 Å². The molecule has 0 fully saturated rings. The van der Waals surface area contributed by atoms with E-state index in [1.54, 1.807) is 0 Å². The Kier molecular flexibility index (Phi) is 5.75. The minimum Gasteiger partial charge on any atom is -0.393 e. The highest BCUT2D eigenvalue weighted by atomic mass is 28.3. The lowest BCUT2D eigenvalue weighted by molar-refractivity contribution is 0.166. The average Bonchev–Trinajstić information content (AvgIpc) is 2.55. The summed E-state index contributed by atoms with van der Waals surface area (Å²) in [6.45, 7) is 8.64. The van der Waals surface area contributed by atoms with Crippen LogP contribution >= 0.6 is 0 Å². The molecule has 2 heteroatoms. The van der Waals surface area contributed by atoms with Crippen molar-refractivity contribution >= 4 is 13.3 Å². The van der Waals surface area contributed by atoms with Gasteiger partial charge >= 0.3 is 0 Å². The number of benzene rings is 2. The van der Waals surface area contributed by atoms with Crippen molar-refractivity contribution in [3.8, 4) is 0 Å². The van der Waals surface area contributed by atoms with Crippen molar-refractivity contribution in [2.24, 2.45) is 0 Å². The molecule has 2 atom stereocenters. The van der Waals surface area contributed by atoms with Crippen LogP contribution in [-0.2, 0) is 6.42 Å². The van der Waals surface area contributed by atoms with Crippen molar-refractivity contribution in [1.29, 1.82) is 0 Å². The van der Waals surface area contributed by atoms with E-state index in [1.165, 1.54) is 10.8 Å². The van der Waals surface area contributed by atoms with E-state index in [0.717, 1.165) is 12.8 Å². The Morgan fingerprint density at radius 2 is 1.55 bits per heavy atom. The molecule has 0 aromatic heterocycles. The maximum absolute atomic E-state index is 10.7. The van der Waals surface area contributed by atoms with Gasteiger partial charge in [-0.2, -0.15) is 0 Å². The Morgan fingerprint density at radius 1 is 1.00 bits per heavy atom. The van der Waals surface area contributed by atoms with Gasteiger partial charge in [-0.1, -0.05) is 85.0 Å². The van der Waals surface area contributed by atoms with Gasteiger partial charge in [0.05, 0.1) is 14.2 Å². The van der Waals surface area contributed by atoms with Crippen molar-refractivity contribution < 1.29 is 5.11 Å². The normalized spacial score (nSPS) is 14.3. The zero-order valence-electron chi connectivity index (χ0n) is 13.6. The topological polar surface area (TPSA) is 20.2 Å². The van der Waals surface area contributed by atoms with Crippen molar-refractivity contribution in [3.05, 3.63) is 78.9 Å². The van der Waals surface area contributed by atoms with Crippen molar-refractivity contribution in [2.75, 3.05) is 0 Å². The van der Waals surface area contributed by atoms with Crippen molar-refractivity contribution in [2.45, 2.75) is 37.6 Å². The number of aliphatic hydroxyl groups excluding tert-OH is 1. The first-order chi connectivity index (χ1) is 10.6. The summed E-state index contributed by atoms with van der Waals surface area (Å²) in [5, 5.41) is 12.1. The minimum atomic E-state index is -1.78. The zero-order chi connectivity index (χ0) is 16.0. The molecule has 0 amide bonds. The fourth-order valence-electron chi connectivity index (χ4n) is 3.13. The second-order valence-corrected chi connectivity index (χ2v) is 11.1. The molecule has 0 unspecified atom stereocenters. The van der Waals surface area contributed by atoms with Crippen LogP contribution in [0.1, 0.15) is 12.0 Å². The lowest BCUT2D eigenvalue weighted by Crippen LogP contribution is -2.49. The largest absolute Gasteiger partial charge is 0.393 e. The number of aliphatic hydroxyl groups is 1. The van der Waals surface area contributed by atoms with Gasteiger partial charge in [0, 0.05) is 5.54 Å². The molecule has 0 bridgehead atoms. The third kappa shape index (κ3) is 3.96. The molecule has 0 heterocycles. The molecule has 1 nitrogen and oxygen atoms in total. The third-order valence-corrected chi connectivity index (χ3v) is 8.70. The highest BCUT2D eigenvalue weighted by Gasteiger charge is 2.35. The maximum Gasteiger partial charge on any atom is 0.0901 e. The van der Waals surface area contributed by atoms with Crippen LogP contribution in [0.2, 0.25) is 18.6 Å². The fourth-order valence-corrected chi connectivity index (χ4v) is 6.29. The molecule has 0 aliphatic heterocycles. The monoisotopic (exact) mass is 310 g/mol. The van der Waals surface area contributed by atoms with Gasteiger partial charge in [-0.3, -0.25) is 0 Å². The Balaban J connectivity index is 2.08. The van der Waals surface area contributed by atoms with Crippen LogP contribution in [0.4, 0.5) is 0 Å². The standard InChI is InChI=1S/C20H26OSi/c1-4-20(22(2,3)18-13-9-6-10-14-18)19(21)16-15-17-11-7-5-8-12-17/h4-14,19-21H,1,15-16H2,2-3H3/t19-,20-/m1/s1. The van der Waals surface area contributed by atoms with E-state index in [2.05, 4.69) is 68.2 Å². The Labute approximate surface area is 135 Å². The van der Waals surface area contributed by atoms with Crippen LogP contribution < -0.4 is 5.19 Å². The molecular formula is C20H26OSi. The molecule has 22 heavy (non-hydrogen) atoms. The van der Waals surface area contributed by atoms with Gasteiger partial charge in [-0.25, -0.2) is 0 Å². The Morgan fingerprint density at radius 3 is 2.09 bits per heavy atom. The molecule has 0 aliphatic rings. The molecule has 0 radical (unpaired) electrons. The van der Waals surface area contributed by atoms with E-state index in [4.69, 9.17) is 0 Å². The number of hydrogen-bond donors (Lipinski definition) is 1. The summed E-state index contributed by atoms with van der Waals surface area (Å²) in [6, 6.07) is 21.0. The first kappa shape index (κ1) is 16.7. The average molecular weight is 311 g/mol. The van der Waals surface area contributed by atoms with E-state index in [0.29, 0.717) is 0 Å². The maximum atomic E-state index is 10.7. The highest BCUT2D eigenvalue weighted by molar-refractivity contribution is 6.91. The van der Waals surface area contributed by atoms with Gasteiger partial charge in [0.2, 0.25) is 0 Å². The van der Waals surface area contributed by atoms with Gasteiger partial charge in [0.25, 0.3) is 0 Å². The summed E-state index contributed by atoms with van der Waals surface area (Å²) in [7, 11) is -1.78.